The van der Waals surface area contributed by atoms with Gasteiger partial charge in [-0.25, -0.2) is 9.59 Å². The minimum Gasteiger partial charge on any atom is -0.480 e. The van der Waals surface area contributed by atoms with Gasteiger partial charge in [-0.3, -0.25) is 4.90 Å². The van der Waals surface area contributed by atoms with Crippen LogP contribution in [0.2, 0.25) is 0 Å². The molecule has 1 aliphatic heterocycles. The number of amides is 1. The molecule has 1 N–H and O–H groups in total. The van der Waals surface area contributed by atoms with E-state index in [1.54, 1.807) is 20.8 Å². The smallest absolute Gasteiger partial charge is 0.411 e. The zero-order valence-corrected chi connectivity index (χ0v) is 10.6. The van der Waals surface area contributed by atoms with E-state index in [0.29, 0.717) is 13.0 Å². The molecule has 6 nitrogen and oxygen atoms in total. The lowest BCUT2D eigenvalue weighted by Gasteiger charge is -2.27. The van der Waals surface area contributed by atoms with Crippen LogP contribution >= 0.6 is 0 Å². The maximum absolute atomic E-state index is 11.8. The number of rotatable bonds is 2. The summed E-state index contributed by atoms with van der Waals surface area (Å²) in [4.78, 5) is 24.2. The highest BCUT2D eigenvalue weighted by atomic mass is 16.6. The summed E-state index contributed by atoms with van der Waals surface area (Å²) in [6.07, 6.45) is -0.573. The Labute approximate surface area is 100 Å². The second-order valence-electron chi connectivity index (χ2n) is 5.02. The van der Waals surface area contributed by atoms with Gasteiger partial charge in [-0.15, -0.1) is 0 Å². The highest BCUT2D eigenvalue weighted by Gasteiger charge is 2.43. The summed E-state index contributed by atoms with van der Waals surface area (Å²) >= 11 is 0. The first kappa shape index (κ1) is 13.8. The molecule has 0 radical (unpaired) electrons. The molecule has 17 heavy (non-hydrogen) atoms. The second-order valence-corrected chi connectivity index (χ2v) is 5.02. The third kappa shape index (κ3) is 3.33. The first-order valence-electron chi connectivity index (χ1n) is 5.51. The highest BCUT2D eigenvalue weighted by molar-refractivity contribution is 5.81. The van der Waals surface area contributed by atoms with Crippen molar-refractivity contribution in [3.05, 3.63) is 0 Å². The van der Waals surface area contributed by atoms with Crippen molar-refractivity contribution in [3.63, 3.8) is 0 Å². The molecule has 0 unspecified atom stereocenters. The molecule has 0 aliphatic carbocycles. The lowest BCUT2D eigenvalue weighted by Crippen LogP contribution is -2.47. The van der Waals surface area contributed by atoms with Crippen LogP contribution in [0.4, 0.5) is 4.79 Å². The molecule has 1 rings (SSSR count). The van der Waals surface area contributed by atoms with Crippen molar-refractivity contribution in [1.29, 1.82) is 0 Å². The molecule has 0 aromatic heterocycles. The molecule has 1 saturated heterocycles. The number of hydrogen-bond acceptors (Lipinski definition) is 4. The average Bonchev–Trinajstić information content (AvgIpc) is 2.57. The van der Waals surface area contributed by atoms with E-state index in [-0.39, 0.29) is 0 Å². The molecule has 1 amide bonds. The number of nitrogens with zero attached hydrogens (tertiary/aromatic N) is 1. The molecular formula is C11H19NO5. The number of carbonyl (C=O) groups is 2. The van der Waals surface area contributed by atoms with Gasteiger partial charge in [-0.2, -0.15) is 0 Å². The van der Waals surface area contributed by atoms with Crippen molar-refractivity contribution >= 4 is 12.1 Å². The van der Waals surface area contributed by atoms with E-state index in [9.17, 15) is 9.59 Å². The van der Waals surface area contributed by atoms with Crippen molar-refractivity contribution in [3.8, 4) is 0 Å². The first-order chi connectivity index (χ1) is 7.76. The Balaban J connectivity index is 2.76. The molecule has 6 heteroatoms. The van der Waals surface area contributed by atoms with Gasteiger partial charge in [0.25, 0.3) is 0 Å². The fraction of sp³-hybridized carbons (Fsp3) is 0.818. The van der Waals surface area contributed by atoms with Crippen LogP contribution in [-0.2, 0) is 14.3 Å². The lowest BCUT2D eigenvalue weighted by molar-refractivity contribution is -0.145. The number of carbonyl (C=O) groups excluding carboxylic acids is 1. The summed E-state index contributed by atoms with van der Waals surface area (Å²) in [6, 6.07) is -0.963. The Morgan fingerprint density at radius 1 is 1.35 bits per heavy atom. The number of likely N-dealkylation sites (tertiary alicyclic amines) is 1. The van der Waals surface area contributed by atoms with Gasteiger partial charge in [0.2, 0.25) is 0 Å². The van der Waals surface area contributed by atoms with Crippen molar-refractivity contribution < 1.29 is 24.2 Å². The monoisotopic (exact) mass is 245 g/mol. The van der Waals surface area contributed by atoms with Crippen LogP contribution in [0, 0.1) is 0 Å². The van der Waals surface area contributed by atoms with Gasteiger partial charge in [0.15, 0.2) is 6.04 Å². The number of aliphatic carboxylic acids is 1. The maximum atomic E-state index is 11.8. The molecule has 0 spiro atoms. The Morgan fingerprint density at radius 3 is 2.35 bits per heavy atom. The summed E-state index contributed by atoms with van der Waals surface area (Å²) in [5.74, 6) is -1.07. The predicted molar refractivity (Wildman–Crippen MR) is 59.8 cm³/mol. The van der Waals surface area contributed by atoms with Crippen LogP contribution in [0.5, 0.6) is 0 Å². The van der Waals surface area contributed by atoms with Crippen molar-refractivity contribution in [2.24, 2.45) is 0 Å². The minimum absolute atomic E-state index is 0.338. The van der Waals surface area contributed by atoms with Gasteiger partial charge in [0.1, 0.15) is 5.60 Å². The molecule has 2 atom stereocenters. The molecule has 0 aromatic carbocycles. The Hall–Kier alpha value is -1.30. The molecule has 0 aromatic rings. The first-order valence-corrected chi connectivity index (χ1v) is 5.51. The number of carboxylic acids is 1. The van der Waals surface area contributed by atoms with E-state index in [4.69, 9.17) is 14.6 Å². The van der Waals surface area contributed by atoms with Crippen molar-refractivity contribution in [1.82, 2.24) is 4.90 Å². The highest BCUT2D eigenvalue weighted by Crippen LogP contribution is 2.23. The Kier molecular flexibility index (Phi) is 3.98. The topological polar surface area (TPSA) is 76.1 Å². The lowest BCUT2D eigenvalue weighted by atomic mass is 10.2. The van der Waals surface area contributed by atoms with Gasteiger partial charge in [0.05, 0.1) is 6.10 Å². The Morgan fingerprint density at radius 2 is 1.94 bits per heavy atom. The van der Waals surface area contributed by atoms with Gasteiger partial charge in [0, 0.05) is 13.7 Å². The average molecular weight is 245 g/mol. The minimum atomic E-state index is -1.07. The van der Waals surface area contributed by atoms with E-state index >= 15 is 0 Å². The standard InChI is InChI=1S/C11H19NO5/c1-11(2,3)17-10(15)12-6-5-7(16-4)8(12)9(13)14/h7-8H,5-6H2,1-4H3,(H,13,14)/t7-,8+/m0/s1. The Bertz CT molecular complexity index is 309. The fourth-order valence-electron chi connectivity index (χ4n) is 1.83. The second kappa shape index (κ2) is 4.91. The third-order valence-electron chi connectivity index (χ3n) is 2.53. The zero-order chi connectivity index (χ0) is 13.2. The SMILES string of the molecule is CO[C@H]1CCN(C(=O)OC(C)(C)C)[C@H]1C(=O)O. The quantitative estimate of drug-likeness (QED) is 0.788. The summed E-state index contributed by atoms with van der Waals surface area (Å²) in [5, 5.41) is 9.10. The molecule has 1 fully saturated rings. The molecule has 1 aliphatic rings. The summed E-state index contributed by atoms with van der Waals surface area (Å²) < 4.78 is 10.2. The van der Waals surface area contributed by atoms with Crippen molar-refractivity contribution in [2.75, 3.05) is 13.7 Å². The maximum Gasteiger partial charge on any atom is 0.411 e. The molecule has 1 heterocycles. The van der Waals surface area contributed by atoms with E-state index in [1.807, 2.05) is 0 Å². The number of methoxy groups -OCH3 is 1. The third-order valence-corrected chi connectivity index (χ3v) is 2.53. The van der Waals surface area contributed by atoms with Crippen LogP contribution < -0.4 is 0 Å². The van der Waals surface area contributed by atoms with E-state index in [2.05, 4.69) is 0 Å². The van der Waals surface area contributed by atoms with E-state index in [1.165, 1.54) is 12.0 Å². The van der Waals surface area contributed by atoms with Crippen LogP contribution in [0.25, 0.3) is 0 Å². The number of ether oxygens (including phenoxy) is 2. The molecular weight excluding hydrogens is 226 g/mol. The zero-order valence-electron chi connectivity index (χ0n) is 10.6. The predicted octanol–water partition coefficient (Wildman–Crippen LogP) is 1.10. The summed E-state index contributed by atoms with van der Waals surface area (Å²) in [5.41, 5.74) is -0.634. The van der Waals surface area contributed by atoms with E-state index in [0.717, 1.165) is 0 Å². The van der Waals surface area contributed by atoms with Gasteiger partial charge < -0.3 is 14.6 Å². The molecule has 0 saturated carbocycles. The summed E-state index contributed by atoms with van der Waals surface area (Å²) in [6.45, 7) is 5.56. The molecule has 98 valence electrons. The summed E-state index contributed by atoms with van der Waals surface area (Å²) in [7, 11) is 1.44. The van der Waals surface area contributed by atoms with Crippen LogP contribution in [0.15, 0.2) is 0 Å². The van der Waals surface area contributed by atoms with Gasteiger partial charge in [-0.1, -0.05) is 0 Å². The van der Waals surface area contributed by atoms with Gasteiger partial charge in [-0.05, 0) is 27.2 Å². The van der Waals surface area contributed by atoms with Crippen LogP contribution in [0.1, 0.15) is 27.2 Å². The fourth-order valence-corrected chi connectivity index (χ4v) is 1.83. The van der Waals surface area contributed by atoms with E-state index < -0.39 is 29.8 Å². The van der Waals surface area contributed by atoms with Gasteiger partial charge >= 0.3 is 12.1 Å². The normalized spacial score (nSPS) is 24.8. The largest absolute Gasteiger partial charge is 0.480 e. The van der Waals surface area contributed by atoms with Crippen LogP contribution in [0.3, 0.4) is 0 Å². The molecule has 0 bridgehead atoms. The van der Waals surface area contributed by atoms with Crippen molar-refractivity contribution in [2.45, 2.75) is 44.9 Å². The van der Waals surface area contributed by atoms with Crippen LogP contribution in [-0.4, -0.2) is 53.5 Å². The number of hydrogen-bond donors (Lipinski definition) is 1. The number of carboxylic acid groups (broad SMARTS) is 1.